The highest BCUT2D eigenvalue weighted by atomic mass is 32.2. The fraction of sp³-hybridized carbons (Fsp3) is 0.368. The molecule has 3 aromatic rings. The summed E-state index contributed by atoms with van der Waals surface area (Å²) in [4.78, 5) is 12.5. The highest BCUT2D eigenvalue weighted by Crippen LogP contribution is 2.36. The first-order valence-electron chi connectivity index (χ1n) is 9.60. The fourth-order valence-electron chi connectivity index (χ4n) is 3.91. The zero-order chi connectivity index (χ0) is 23.3. The van der Waals surface area contributed by atoms with Crippen LogP contribution in [0.3, 0.4) is 0 Å². The molecule has 0 saturated carbocycles. The number of sulfone groups is 1. The molecule has 0 aliphatic carbocycles. The summed E-state index contributed by atoms with van der Waals surface area (Å²) in [5.74, 6) is 0.0163. The Labute approximate surface area is 180 Å². The van der Waals surface area contributed by atoms with Crippen molar-refractivity contribution >= 4 is 26.9 Å². The Bertz CT molecular complexity index is 1310. The second kappa shape index (κ2) is 7.73. The summed E-state index contributed by atoms with van der Waals surface area (Å²) in [7, 11) is -3.63. The van der Waals surface area contributed by atoms with Gasteiger partial charge in [0.05, 0.1) is 15.4 Å². The van der Waals surface area contributed by atoms with Crippen LogP contribution in [0.15, 0.2) is 41.4 Å². The van der Waals surface area contributed by atoms with Crippen LogP contribution >= 0.6 is 0 Å². The third-order valence-corrected chi connectivity index (χ3v) is 6.57. The van der Waals surface area contributed by atoms with Crippen molar-refractivity contribution in [1.82, 2.24) is 14.6 Å². The van der Waals surface area contributed by atoms with Gasteiger partial charge in [-0.2, -0.15) is 13.2 Å². The molecule has 1 saturated heterocycles. The molecule has 0 bridgehead atoms. The molecule has 0 N–H and O–H groups in total. The summed E-state index contributed by atoms with van der Waals surface area (Å²) in [6, 6.07) is 5.91. The molecule has 0 radical (unpaired) electrons. The maximum atomic E-state index is 13.1. The largest absolute Gasteiger partial charge is 0.417 e. The molecule has 1 atom stereocenters. The van der Waals surface area contributed by atoms with Gasteiger partial charge in [0, 0.05) is 37.5 Å². The Morgan fingerprint density at radius 3 is 2.59 bits per heavy atom. The molecule has 13 heteroatoms. The van der Waals surface area contributed by atoms with Gasteiger partial charge in [0.2, 0.25) is 0 Å². The number of pyridine rings is 1. The van der Waals surface area contributed by atoms with E-state index in [1.807, 2.05) is 0 Å². The standard InChI is InChI=1S/C19H18F3N5O4S/c1-32(30,31)14-5-6-15(16(9-14)27(28)29)25-8-2-3-12(10-25)18-24-23-17-7-4-13(11-26(17)18)19(20,21)22/h4-7,9,11-12H,2-3,8,10H2,1H3. The Kier molecular flexibility index (Phi) is 5.31. The van der Waals surface area contributed by atoms with E-state index < -0.39 is 26.5 Å². The van der Waals surface area contributed by atoms with Gasteiger partial charge in [-0.3, -0.25) is 14.5 Å². The molecule has 4 rings (SSSR count). The van der Waals surface area contributed by atoms with Crippen LogP contribution in [0.25, 0.3) is 5.65 Å². The fourth-order valence-corrected chi connectivity index (χ4v) is 4.55. The Hall–Kier alpha value is -3.22. The van der Waals surface area contributed by atoms with Crippen molar-refractivity contribution in [1.29, 1.82) is 0 Å². The number of aromatic nitrogens is 3. The lowest BCUT2D eigenvalue weighted by atomic mass is 9.96. The average molecular weight is 469 g/mol. The zero-order valence-electron chi connectivity index (χ0n) is 16.8. The van der Waals surface area contributed by atoms with Gasteiger partial charge < -0.3 is 4.90 Å². The summed E-state index contributed by atoms with van der Waals surface area (Å²) in [6.45, 7) is 0.732. The van der Waals surface area contributed by atoms with E-state index in [0.29, 0.717) is 25.2 Å². The molecule has 1 aliphatic rings. The van der Waals surface area contributed by atoms with E-state index in [4.69, 9.17) is 0 Å². The van der Waals surface area contributed by atoms with Gasteiger partial charge in [-0.25, -0.2) is 8.42 Å². The number of alkyl halides is 3. The number of anilines is 1. The number of halogens is 3. The van der Waals surface area contributed by atoms with E-state index >= 15 is 0 Å². The van der Waals surface area contributed by atoms with Crippen LogP contribution in [-0.2, 0) is 16.0 Å². The Balaban J connectivity index is 1.70. The monoisotopic (exact) mass is 469 g/mol. The number of piperidine rings is 1. The Morgan fingerprint density at radius 1 is 1.19 bits per heavy atom. The second-order valence-corrected chi connectivity index (χ2v) is 9.68. The number of hydrogen-bond donors (Lipinski definition) is 0. The van der Waals surface area contributed by atoms with Gasteiger partial charge in [0.25, 0.3) is 5.69 Å². The summed E-state index contributed by atoms with van der Waals surface area (Å²) < 4.78 is 64.3. The molecule has 0 amide bonds. The third kappa shape index (κ3) is 4.11. The van der Waals surface area contributed by atoms with Gasteiger partial charge in [0.15, 0.2) is 15.5 Å². The van der Waals surface area contributed by atoms with Gasteiger partial charge in [0.1, 0.15) is 11.5 Å². The van der Waals surface area contributed by atoms with Crippen LogP contribution < -0.4 is 4.90 Å². The first kappa shape index (κ1) is 22.0. The van der Waals surface area contributed by atoms with Crippen LogP contribution in [-0.4, -0.2) is 47.3 Å². The molecule has 1 fully saturated rings. The van der Waals surface area contributed by atoms with E-state index in [2.05, 4.69) is 10.2 Å². The van der Waals surface area contributed by atoms with Gasteiger partial charge in [-0.15, -0.1) is 10.2 Å². The molecule has 1 aromatic carbocycles. The van der Waals surface area contributed by atoms with E-state index in [0.717, 1.165) is 24.6 Å². The number of benzene rings is 1. The van der Waals surface area contributed by atoms with Crippen LogP contribution in [0.1, 0.15) is 30.1 Å². The van der Waals surface area contributed by atoms with Crippen LogP contribution in [0.2, 0.25) is 0 Å². The summed E-state index contributed by atoms with van der Waals surface area (Å²) in [5, 5.41) is 19.6. The van der Waals surface area contributed by atoms with Crippen molar-refractivity contribution in [2.24, 2.45) is 0 Å². The molecule has 0 spiro atoms. The molecule has 1 unspecified atom stereocenters. The molecule has 9 nitrogen and oxygen atoms in total. The quantitative estimate of drug-likeness (QED) is 0.425. The number of fused-ring (bicyclic) bond motifs is 1. The van der Waals surface area contributed by atoms with E-state index in [1.54, 1.807) is 4.90 Å². The number of hydrogen-bond acceptors (Lipinski definition) is 7. The third-order valence-electron chi connectivity index (χ3n) is 5.45. The lowest BCUT2D eigenvalue weighted by molar-refractivity contribution is -0.384. The molecule has 2 aromatic heterocycles. The van der Waals surface area contributed by atoms with Crippen molar-refractivity contribution in [2.75, 3.05) is 24.2 Å². The van der Waals surface area contributed by atoms with Gasteiger partial charge in [-0.05, 0) is 37.1 Å². The van der Waals surface area contributed by atoms with E-state index in [-0.39, 0.29) is 34.4 Å². The van der Waals surface area contributed by atoms with Crippen molar-refractivity contribution in [3.63, 3.8) is 0 Å². The minimum absolute atomic E-state index is 0.162. The molecule has 170 valence electrons. The summed E-state index contributed by atoms with van der Waals surface area (Å²) in [6.07, 6.45) is -1.37. The highest BCUT2D eigenvalue weighted by Gasteiger charge is 2.33. The molecule has 1 aliphatic heterocycles. The number of nitro benzene ring substituents is 1. The lowest BCUT2D eigenvalue weighted by Gasteiger charge is -2.33. The topological polar surface area (TPSA) is 111 Å². The van der Waals surface area contributed by atoms with Crippen LogP contribution in [0.4, 0.5) is 24.5 Å². The smallest absolute Gasteiger partial charge is 0.365 e. The molecular formula is C19H18F3N5O4S. The maximum absolute atomic E-state index is 13.1. The first-order valence-corrected chi connectivity index (χ1v) is 11.5. The SMILES string of the molecule is CS(=O)(=O)c1ccc(N2CCCC(c3nnc4ccc(C(F)(F)F)cn34)C2)c([N+](=O)[O-])c1. The number of nitro groups is 1. The van der Waals surface area contributed by atoms with Crippen molar-refractivity contribution in [3.8, 4) is 0 Å². The predicted octanol–water partition coefficient (Wildman–Crippen LogP) is 3.44. The summed E-state index contributed by atoms with van der Waals surface area (Å²) >= 11 is 0. The van der Waals surface area contributed by atoms with Crippen molar-refractivity contribution in [2.45, 2.75) is 29.8 Å². The summed E-state index contributed by atoms with van der Waals surface area (Å²) in [5.41, 5.74) is -0.657. The van der Waals surface area contributed by atoms with E-state index in [1.165, 1.54) is 22.6 Å². The first-order chi connectivity index (χ1) is 14.9. The predicted molar refractivity (Wildman–Crippen MR) is 108 cm³/mol. The van der Waals surface area contributed by atoms with Crippen LogP contribution in [0.5, 0.6) is 0 Å². The maximum Gasteiger partial charge on any atom is 0.417 e. The van der Waals surface area contributed by atoms with Crippen molar-refractivity contribution < 1.29 is 26.5 Å². The second-order valence-electron chi connectivity index (χ2n) is 7.67. The minimum Gasteiger partial charge on any atom is -0.365 e. The number of rotatable bonds is 4. The van der Waals surface area contributed by atoms with Crippen molar-refractivity contribution in [3.05, 3.63) is 58.0 Å². The van der Waals surface area contributed by atoms with Gasteiger partial charge >= 0.3 is 6.18 Å². The Morgan fingerprint density at radius 2 is 1.94 bits per heavy atom. The average Bonchev–Trinajstić information content (AvgIpc) is 3.15. The van der Waals surface area contributed by atoms with Crippen LogP contribution in [0, 0.1) is 10.1 Å². The lowest BCUT2D eigenvalue weighted by Crippen LogP contribution is -2.35. The molecule has 32 heavy (non-hydrogen) atoms. The number of nitrogens with zero attached hydrogens (tertiary/aromatic N) is 5. The van der Waals surface area contributed by atoms with E-state index in [9.17, 15) is 31.7 Å². The zero-order valence-corrected chi connectivity index (χ0v) is 17.6. The minimum atomic E-state index is -4.52. The van der Waals surface area contributed by atoms with Gasteiger partial charge in [-0.1, -0.05) is 0 Å². The molecular weight excluding hydrogens is 451 g/mol. The highest BCUT2D eigenvalue weighted by molar-refractivity contribution is 7.90. The molecule has 3 heterocycles. The normalized spacial score (nSPS) is 17.6.